The zero-order valence-corrected chi connectivity index (χ0v) is 11.0. The molecule has 0 aliphatic carbocycles. The quantitative estimate of drug-likeness (QED) is 0.694. The van der Waals surface area contributed by atoms with Crippen LogP contribution >= 0.6 is 0 Å². The molecular formula is C9H11Tl. The summed E-state index contributed by atoms with van der Waals surface area (Å²) < 4.78 is 0.460. The number of rotatable bonds is 1. The second-order valence-corrected chi connectivity index (χ2v) is 8.70. The molecule has 0 atom stereocenters. The Kier molecular flexibility index (Phi) is 2.50. The van der Waals surface area contributed by atoms with Crippen LogP contribution in [0, 0.1) is 0 Å². The Bertz CT molecular complexity index is 196. The Labute approximate surface area is 78.3 Å². The van der Waals surface area contributed by atoms with Gasteiger partial charge in [0, 0.05) is 0 Å². The third kappa shape index (κ3) is 2.08. The van der Waals surface area contributed by atoms with Crippen molar-refractivity contribution >= 4 is 25.8 Å². The van der Waals surface area contributed by atoms with Crippen molar-refractivity contribution in [3.63, 3.8) is 0 Å². The number of hydrogen-bond acceptors (Lipinski definition) is 0. The molecule has 10 heavy (non-hydrogen) atoms. The van der Waals surface area contributed by atoms with E-state index < -0.39 is 0 Å². The van der Waals surface area contributed by atoms with Crippen LogP contribution in [0.3, 0.4) is 0 Å². The van der Waals surface area contributed by atoms with Crippen LogP contribution in [-0.2, 0) is 2.97 Å². The van der Waals surface area contributed by atoms with Crippen LogP contribution in [0.15, 0.2) is 30.3 Å². The van der Waals surface area contributed by atoms with Crippen LogP contribution < -0.4 is 0 Å². The first-order chi connectivity index (χ1) is 4.61. The molecule has 0 aromatic heterocycles. The third-order valence-electron chi connectivity index (χ3n) is 1.52. The van der Waals surface area contributed by atoms with Crippen molar-refractivity contribution in [2.75, 3.05) is 0 Å². The molecule has 1 heteroatoms. The summed E-state index contributed by atoms with van der Waals surface area (Å²) in [5.41, 5.74) is 1.47. The van der Waals surface area contributed by atoms with Crippen molar-refractivity contribution in [1.82, 2.24) is 0 Å². The molecule has 0 aliphatic heterocycles. The van der Waals surface area contributed by atoms with Crippen LogP contribution in [0.4, 0.5) is 0 Å². The molecule has 0 nitrogen and oxygen atoms in total. The van der Waals surface area contributed by atoms with Gasteiger partial charge in [-0.2, -0.15) is 0 Å². The fourth-order valence-corrected chi connectivity index (χ4v) is 1.62. The molecule has 0 saturated carbocycles. The van der Waals surface area contributed by atoms with Crippen LogP contribution in [0.5, 0.6) is 0 Å². The minimum absolute atomic E-state index is 0.460. The average Bonchev–Trinajstić information content (AvgIpc) is 1.88. The maximum absolute atomic E-state index is 2.30. The molecular weight excluding hydrogens is 312 g/mol. The van der Waals surface area contributed by atoms with Gasteiger partial charge in [-0.3, -0.25) is 0 Å². The SMILES string of the molecule is C[C](C)([Tl])c1ccccc1. The van der Waals surface area contributed by atoms with Gasteiger partial charge in [-0.15, -0.1) is 0 Å². The summed E-state index contributed by atoms with van der Waals surface area (Å²) >= 11 is 1.01. The van der Waals surface area contributed by atoms with Crippen molar-refractivity contribution in [2.45, 2.75) is 16.8 Å². The molecule has 0 saturated heterocycles. The van der Waals surface area contributed by atoms with Gasteiger partial charge in [0.2, 0.25) is 0 Å². The molecule has 0 fully saturated rings. The standard InChI is InChI=1S/C9H11.Tl/c1-8(2)9-6-4-3-5-7-9;/h3-7H,1-2H3;. The normalized spacial score (nSPS) is 11.3. The summed E-state index contributed by atoms with van der Waals surface area (Å²) in [4.78, 5) is 0. The predicted molar refractivity (Wildman–Crippen MR) is 45.2 cm³/mol. The van der Waals surface area contributed by atoms with Gasteiger partial charge < -0.3 is 0 Å². The van der Waals surface area contributed by atoms with E-state index in [1.54, 1.807) is 0 Å². The van der Waals surface area contributed by atoms with Crippen LogP contribution in [0.25, 0.3) is 0 Å². The van der Waals surface area contributed by atoms with Gasteiger partial charge >= 0.3 is 78.5 Å². The summed E-state index contributed by atoms with van der Waals surface area (Å²) in [6, 6.07) is 10.7. The van der Waals surface area contributed by atoms with Crippen molar-refractivity contribution in [2.24, 2.45) is 0 Å². The fourth-order valence-electron chi connectivity index (χ4n) is 0.868. The number of benzene rings is 1. The van der Waals surface area contributed by atoms with Gasteiger partial charge in [0.15, 0.2) is 0 Å². The molecule has 1 rings (SSSR count). The molecule has 50 valence electrons. The first-order valence-electron chi connectivity index (χ1n) is 3.45. The van der Waals surface area contributed by atoms with E-state index >= 15 is 0 Å². The molecule has 0 bridgehead atoms. The Hall–Kier alpha value is 0.142. The number of hydrogen-bond donors (Lipinski definition) is 0. The molecule has 0 aliphatic rings. The van der Waals surface area contributed by atoms with Gasteiger partial charge in [0.1, 0.15) is 0 Å². The minimum atomic E-state index is 0.460. The summed E-state index contributed by atoms with van der Waals surface area (Å²) in [5, 5.41) is 0. The van der Waals surface area contributed by atoms with E-state index in [4.69, 9.17) is 0 Å². The maximum atomic E-state index is 2.30. The van der Waals surface area contributed by atoms with E-state index in [1.165, 1.54) is 5.56 Å². The first kappa shape index (κ1) is 8.24. The van der Waals surface area contributed by atoms with Crippen LogP contribution in [0.1, 0.15) is 19.4 Å². The van der Waals surface area contributed by atoms with Crippen molar-refractivity contribution in [1.29, 1.82) is 0 Å². The molecule has 0 N–H and O–H groups in total. The van der Waals surface area contributed by atoms with E-state index in [0.717, 1.165) is 25.8 Å². The Balaban J connectivity index is 2.97. The molecule has 1 aromatic rings. The van der Waals surface area contributed by atoms with E-state index in [-0.39, 0.29) is 0 Å². The molecule has 0 unspecified atom stereocenters. The monoisotopic (exact) mass is 324 g/mol. The second kappa shape index (κ2) is 3.03. The molecule has 0 radical (unpaired) electrons. The van der Waals surface area contributed by atoms with E-state index in [1.807, 2.05) is 0 Å². The van der Waals surface area contributed by atoms with Gasteiger partial charge in [0.05, 0.1) is 0 Å². The topological polar surface area (TPSA) is 0 Å². The van der Waals surface area contributed by atoms with E-state index in [2.05, 4.69) is 44.2 Å². The van der Waals surface area contributed by atoms with Gasteiger partial charge in [-0.05, 0) is 0 Å². The third-order valence-corrected chi connectivity index (χ3v) is 2.81. The fraction of sp³-hybridized carbons (Fsp3) is 0.333. The summed E-state index contributed by atoms with van der Waals surface area (Å²) in [6.07, 6.45) is 0. The zero-order chi connectivity index (χ0) is 7.61. The molecule has 0 amide bonds. The molecule has 0 spiro atoms. The molecule has 0 heterocycles. The Morgan fingerprint density at radius 1 is 1.10 bits per heavy atom. The van der Waals surface area contributed by atoms with Crippen LogP contribution in [0.2, 0.25) is 0 Å². The van der Waals surface area contributed by atoms with E-state index in [0.29, 0.717) is 2.97 Å². The van der Waals surface area contributed by atoms with Gasteiger partial charge in [-0.1, -0.05) is 0 Å². The summed E-state index contributed by atoms with van der Waals surface area (Å²) in [5.74, 6) is 0. The zero-order valence-electron chi connectivity index (χ0n) is 6.46. The van der Waals surface area contributed by atoms with E-state index in [9.17, 15) is 0 Å². The molecule has 1 aromatic carbocycles. The van der Waals surface area contributed by atoms with Gasteiger partial charge in [-0.25, -0.2) is 0 Å². The summed E-state index contributed by atoms with van der Waals surface area (Å²) in [6.45, 7) is 4.60. The van der Waals surface area contributed by atoms with Crippen molar-refractivity contribution < 1.29 is 0 Å². The summed E-state index contributed by atoms with van der Waals surface area (Å²) in [7, 11) is 0. The van der Waals surface area contributed by atoms with Crippen molar-refractivity contribution in [3.05, 3.63) is 35.9 Å². The Morgan fingerprint density at radius 2 is 1.60 bits per heavy atom. The predicted octanol–water partition coefficient (Wildman–Crippen LogP) is 2.09. The average molecular weight is 324 g/mol. The first-order valence-corrected chi connectivity index (χ1v) is 5.69. The van der Waals surface area contributed by atoms with Crippen molar-refractivity contribution in [3.8, 4) is 0 Å². The Morgan fingerprint density at radius 3 is 1.90 bits per heavy atom. The second-order valence-electron chi connectivity index (χ2n) is 3.09. The van der Waals surface area contributed by atoms with Crippen LogP contribution in [-0.4, -0.2) is 25.8 Å². The van der Waals surface area contributed by atoms with Gasteiger partial charge in [0.25, 0.3) is 0 Å².